The minimum absolute atomic E-state index is 1.17. The van der Waals surface area contributed by atoms with Crippen molar-refractivity contribution in [3.8, 4) is 22.5 Å². The highest BCUT2D eigenvalue weighted by Crippen LogP contribution is 2.44. The zero-order valence-electron chi connectivity index (χ0n) is 29.4. The Balaban J connectivity index is 1.12. The van der Waals surface area contributed by atoms with Crippen molar-refractivity contribution < 1.29 is 0 Å². The molecule has 2 aromatic heterocycles. The lowest BCUT2D eigenvalue weighted by atomic mass is 9.90. The van der Waals surface area contributed by atoms with Crippen LogP contribution in [0.1, 0.15) is 0 Å². The lowest BCUT2D eigenvalue weighted by molar-refractivity contribution is 1.18. The Bertz CT molecular complexity index is 3490. The van der Waals surface area contributed by atoms with Crippen molar-refractivity contribution in [3.63, 3.8) is 0 Å². The minimum atomic E-state index is 1.17. The molecule has 0 unspecified atom stereocenters. The fourth-order valence-electron chi connectivity index (χ4n) is 9.35. The summed E-state index contributed by atoms with van der Waals surface area (Å²) < 4.78 is 4.88. The number of fused-ring (bicyclic) bond motifs is 14. The van der Waals surface area contributed by atoms with E-state index >= 15 is 0 Å². The summed E-state index contributed by atoms with van der Waals surface area (Å²) in [5, 5.41) is 15.3. The van der Waals surface area contributed by atoms with E-state index in [0.29, 0.717) is 0 Å². The number of nitrogens with zero attached hydrogens (tertiary/aromatic N) is 2. The normalized spacial score (nSPS) is 12.1. The van der Waals surface area contributed by atoms with Gasteiger partial charge in [0.2, 0.25) is 0 Å². The van der Waals surface area contributed by atoms with Crippen molar-refractivity contribution in [3.05, 3.63) is 194 Å². The minimum Gasteiger partial charge on any atom is -0.309 e. The van der Waals surface area contributed by atoms with Crippen LogP contribution in [0.15, 0.2) is 194 Å². The van der Waals surface area contributed by atoms with Crippen LogP contribution >= 0.6 is 0 Å². The number of rotatable bonds is 3. The molecule has 250 valence electrons. The maximum absolute atomic E-state index is 2.50. The molecule has 0 aliphatic heterocycles. The summed E-state index contributed by atoms with van der Waals surface area (Å²) >= 11 is 0. The molecule has 0 saturated carbocycles. The molecule has 0 aliphatic rings. The largest absolute Gasteiger partial charge is 0.309 e. The van der Waals surface area contributed by atoms with Crippen molar-refractivity contribution >= 4 is 86.7 Å². The SMILES string of the molecule is c1ccc(-n2c3ccccc3c3cc(-c4ccc5c(c4)c4ccccc4n5-c4cc5c6ccccc6c6ccccc6c5c5ccccc45)ccc32)cc1. The van der Waals surface area contributed by atoms with Gasteiger partial charge in [-0.25, -0.2) is 0 Å². The molecule has 2 nitrogen and oxygen atoms in total. The third kappa shape index (κ3) is 4.05. The summed E-state index contributed by atoms with van der Waals surface area (Å²) in [6, 6.07) is 71.5. The monoisotopic (exact) mass is 684 g/mol. The Morgan fingerprint density at radius 3 is 1.26 bits per heavy atom. The molecule has 0 radical (unpaired) electrons. The van der Waals surface area contributed by atoms with E-state index in [1.54, 1.807) is 0 Å². The zero-order valence-corrected chi connectivity index (χ0v) is 29.4. The molecule has 0 fully saturated rings. The number of hydrogen-bond donors (Lipinski definition) is 0. The van der Waals surface area contributed by atoms with Crippen LogP contribution in [-0.2, 0) is 0 Å². The molecular formula is C52H32N2. The molecule has 0 amide bonds. The van der Waals surface area contributed by atoms with E-state index in [1.807, 2.05) is 0 Å². The number of benzene rings is 10. The second kappa shape index (κ2) is 11.2. The fourth-order valence-corrected chi connectivity index (χ4v) is 9.35. The van der Waals surface area contributed by atoms with Crippen molar-refractivity contribution in [2.75, 3.05) is 0 Å². The van der Waals surface area contributed by atoms with Gasteiger partial charge in [0.1, 0.15) is 0 Å². The van der Waals surface area contributed by atoms with Crippen molar-refractivity contribution in [1.29, 1.82) is 0 Å². The Hall–Kier alpha value is -7.16. The second-order valence-corrected chi connectivity index (χ2v) is 14.5. The Kier molecular flexibility index (Phi) is 6.09. The highest BCUT2D eigenvalue weighted by Gasteiger charge is 2.19. The van der Waals surface area contributed by atoms with Crippen LogP contribution in [0, 0.1) is 0 Å². The molecule has 0 saturated heterocycles. The summed E-state index contributed by atoms with van der Waals surface area (Å²) in [7, 11) is 0. The molecule has 2 heterocycles. The second-order valence-electron chi connectivity index (χ2n) is 14.5. The van der Waals surface area contributed by atoms with Crippen LogP contribution in [0.2, 0.25) is 0 Å². The van der Waals surface area contributed by atoms with E-state index in [2.05, 4.69) is 203 Å². The molecule has 54 heavy (non-hydrogen) atoms. The highest BCUT2D eigenvalue weighted by atomic mass is 15.0. The first-order valence-electron chi connectivity index (χ1n) is 18.7. The maximum atomic E-state index is 2.50. The molecule has 0 spiro atoms. The van der Waals surface area contributed by atoms with Gasteiger partial charge in [0, 0.05) is 32.6 Å². The zero-order chi connectivity index (χ0) is 35.3. The van der Waals surface area contributed by atoms with Gasteiger partial charge in [0.15, 0.2) is 0 Å². The van der Waals surface area contributed by atoms with Crippen LogP contribution in [0.3, 0.4) is 0 Å². The van der Waals surface area contributed by atoms with Crippen LogP contribution in [-0.4, -0.2) is 9.13 Å². The first-order chi connectivity index (χ1) is 26.8. The van der Waals surface area contributed by atoms with Crippen LogP contribution in [0.5, 0.6) is 0 Å². The van der Waals surface area contributed by atoms with E-state index in [1.165, 1.54) is 109 Å². The Morgan fingerprint density at radius 2 is 0.648 bits per heavy atom. The van der Waals surface area contributed by atoms with Crippen molar-refractivity contribution in [1.82, 2.24) is 9.13 Å². The molecule has 0 N–H and O–H groups in total. The molecule has 12 aromatic rings. The standard InChI is InChI=1S/C52H32N2/c1-2-14-35(15-3-1)53-47-24-12-10-20-40(47)44-30-33(26-28-49(44)53)34-27-29-50-45(31-34)41-21-11-13-25-48(41)54(50)51-32-46-38-18-5-4-16-36(38)37-17-6-8-22-42(37)52(46)43-23-9-7-19-39(43)51/h1-32H. The molecule has 0 atom stereocenters. The highest BCUT2D eigenvalue weighted by molar-refractivity contribution is 6.32. The van der Waals surface area contributed by atoms with Gasteiger partial charge in [0.05, 0.1) is 27.8 Å². The number of aromatic nitrogens is 2. The van der Waals surface area contributed by atoms with Crippen LogP contribution in [0.25, 0.3) is 109 Å². The lowest BCUT2D eigenvalue weighted by Crippen LogP contribution is -1.97. The van der Waals surface area contributed by atoms with E-state index < -0.39 is 0 Å². The number of para-hydroxylation sites is 3. The fraction of sp³-hybridized carbons (Fsp3) is 0. The van der Waals surface area contributed by atoms with Crippen LogP contribution < -0.4 is 0 Å². The average Bonchev–Trinajstić information content (AvgIpc) is 3.76. The summed E-state index contributed by atoms with van der Waals surface area (Å²) in [5.41, 5.74) is 9.65. The molecule has 12 rings (SSSR count). The molecule has 0 aliphatic carbocycles. The van der Waals surface area contributed by atoms with Gasteiger partial charge in [-0.1, -0.05) is 140 Å². The van der Waals surface area contributed by atoms with Crippen molar-refractivity contribution in [2.45, 2.75) is 0 Å². The average molecular weight is 685 g/mol. The van der Waals surface area contributed by atoms with Gasteiger partial charge >= 0.3 is 0 Å². The van der Waals surface area contributed by atoms with E-state index in [4.69, 9.17) is 0 Å². The van der Waals surface area contributed by atoms with E-state index in [9.17, 15) is 0 Å². The smallest absolute Gasteiger partial charge is 0.0547 e. The number of hydrogen-bond acceptors (Lipinski definition) is 0. The first kappa shape index (κ1) is 29.4. The Labute approximate surface area is 311 Å². The summed E-state index contributed by atoms with van der Waals surface area (Å²) in [5.74, 6) is 0. The van der Waals surface area contributed by atoms with Gasteiger partial charge in [-0.15, -0.1) is 0 Å². The molecule has 10 aromatic carbocycles. The summed E-state index contributed by atoms with van der Waals surface area (Å²) in [6.07, 6.45) is 0. The van der Waals surface area contributed by atoms with Gasteiger partial charge in [0.25, 0.3) is 0 Å². The van der Waals surface area contributed by atoms with Gasteiger partial charge in [-0.05, 0) is 103 Å². The lowest BCUT2D eigenvalue weighted by Gasteiger charge is -2.17. The van der Waals surface area contributed by atoms with E-state index in [0.717, 1.165) is 0 Å². The topological polar surface area (TPSA) is 9.86 Å². The van der Waals surface area contributed by atoms with Gasteiger partial charge in [-0.2, -0.15) is 0 Å². The maximum Gasteiger partial charge on any atom is 0.0547 e. The molecular weight excluding hydrogens is 653 g/mol. The molecule has 0 bridgehead atoms. The summed E-state index contributed by atoms with van der Waals surface area (Å²) in [6.45, 7) is 0. The first-order valence-corrected chi connectivity index (χ1v) is 18.7. The van der Waals surface area contributed by atoms with Crippen molar-refractivity contribution in [2.24, 2.45) is 0 Å². The van der Waals surface area contributed by atoms with Gasteiger partial charge in [-0.3, -0.25) is 0 Å². The van der Waals surface area contributed by atoms with E-state index in [-0.39, 0.29) is 0 Å². The third-order valence-electron chi connectivity index (χ3n) is 11.7. The predicted octanol–water partition coefficient (Wildman–Crippen LogP) is 14.2. The molecule has 2 heteroatoms. The predicted molar refractivity (Wildman–Crippen MR) is 231 cm³/mol. The third-order valence-corrected chi connectivity index (χ3v) is 11.7. The van der Waals surface area contributed by atoms with Crippen LogP contribution in [0.4, 0.5) is 0 Å². The summed E-state index contributed by atoms with van der Waals surface area (Å²) in [4.78, 5) is 0. The van der Waals surface area contributed by atoms with Gasteiger partial charge < -0.3 is 9.13 Å². The quantitative estimate of drug-likeness (QED) is 0.164. The Morgan fingerprint density at radius 1 is 0.241 bits per heavy atom.